The minimum atomic E-state index is -5.93. The van der Waals surface area contributed by atoms with E-state index in [1.54, 1.807) is 0 Å². The zero-order valence-electron chi connectivity index (χ0n) is 7.90. The van der Waals surface area contributed by atoms with Crippen LogP contribution in [0.5, 0.6) is 0 Å². The maximum atomic E-state index is 12.3. The fourth-order valence-electron chi connectivity index (χ4n) is 0.704. The molecule has 0 aliphatic carbocycles. The molecular weight excluding hydrogens is 239 g/mol. The fraction of sp³-hybridized carbons (Fsp3) is 0.714. The van der Waals surface area contributed by atoms with Crippen molar-refractivity contribution in [2.45, 2.75) is 24.9 Å². The number of nitrogens with two attached hydrogens (primary N) is 1. The van der Waals surface area contributed by atoms with Crippen molar-refractivity contribution in [3.63, 3.8) is 0 Å². The Labute approximate surface area is 87.0 Å². The number of halogens is 5. The van der Waals surface area contributed by atoms with Crippen LogP contribution in [0.15, 0.2) is 0 Å². The third kappa shape index (κ3) is 3.99. The Bertz CT molecular complexity index is 276. The molecule has 4 nitrogen and oxygen atoms in total. The Morgan fingerprint density at radius 2 is 1.62 bits per heavy atom. The molecule has 3 N–H and O–H groups in total. The van der Waals surface area contributed by atoms with Crippen molar-refractivity contribution in [2.24, 2.45) is 5.73 Å². The molecule has 0 spiro atoms. The highest BCUT2D eigenvalue weighted by molar-refractivity contribution is 5.84. The number of primary amides is 1. The summed E-state index contributed by atoms with van der Waals surface area (Å²) in [5, 5.41) is 1.37. The number of hydrogen-bond donors (Lipinski definition) is 2. The van der Waals surface area contributed by atoms with E-state index in [0.29, 0.717) is 0 Å². The third-order valence-corrected chi connectivity index (χ3v) is 1.53. The van der Waals surface area contributed by atoms with Gasteiger partial charge in [0.15, 0.2) is 0 Å². The molecule has 2 amide bonds. The largest absolute Gasteiger partial charge is 0.463 e. The molecule has 9 heteroatoms. The first-order valence-electron chi connectivity index (χ1n) is 4.10. The quantitative estimate of drug-likeness (QED) is 0.551. The second-order valence-corrected chi connectivity index (χ2v) is 2.90. The SMILES string of the molecule is NC(=O)CCCNC(=O)C(F)(F)C(F)(F)F. The number of carbonyl (C=O) groups excluding carboxylic acids is 2. The number of amides is 2. The van der Waals surface area contributed by atoms with Crippen molar-refractivity contribution >= 4 is 11.8 Å². The summed E-state index contributed by atoms with van der Waals surface area (Å²) in [6.07, 6.45) is -6.24. The van der Waals surface area contributed by atoms with Gasteiger partial charge in [-0.3, -0.25) is 9.59 Å². The minimum Gasteiger partial charge on any atom is -0.370 e. The predicted octanol–water partition coefficient (Wildman–Crippen LogP) is 0.566. The van der Waals surface area contributed by atoms with Crippen molar-refractivity contribution in [1.29, 1.82) is 0 Å². The van der Waals surface area contributed by atoms with E-state index >= 15 is 0 Å². The lowest BCUT2D eigenvalue weighted by atomic mass is 10.2. The van der Waals surface area contributed by atoms with Gasteiger partial charge >= 0.3 is 12.1 Å². The molecule has 0 rings (SSSR count). The lowest BCUT2D eigenvalue weighted by Gasteiger charge is -2.18. The summed E-state index contributed by atoms with van der Waals surface area (Å²) in [4.78, 5) is 20.6. The lowest BCUT2D eigenvalue weighted by molar-refractivity contribution is -0.269. The molecule has 94 valence electrons. The molecule has 0 aliphatic rings. The van der Waals surface area contributed by atoms with E-state index in [9.17, 15) is 31.5 Å². The van der Waals surface area contributed by atoms with Crippen molar-refractivity contribution in [1.82, 2.24) is 5.32 Å². The number of alkyl halides is 5. The standard InChI is InChI=1S/C7H9F5N2O2/c8-6(9,7(10,11)12)5(16)14-3-1-2-4(13)15/h1-3H2,(H2,13,15)(H,14,16). The van der Waals surface area contributed by atoms with Gasteiger partial charge < -0.3 is 11.1 Å². The molecule has 0 aromatic carbocycles. The second-order valence-electron chi connectivity index (χ2n) is 2.90. The van der Waals surface area contributed by atoms with E-state index < -0.39 is 30.5 Å². The Morgan fingerprint density at radius 3 is 2.00 bits per heavy atom. The first-order chi connectivity index (χ1) is 7.09. The highest BCUT2D eigenvalue weighted by Crippen LogP contribution is 2.35. The first-order valence-corrected chi connectivity index (χ1v) is 4.10. The van der Waals surface area contributed by atoms with Gasteiger partial charge in [-0.05, 0) is 6.42 Å². The van der Waals surface area contributed by atoms with Gasteiger partial charge in [0.1, 0.15) is 0 Å². The molecule has 0 radical (unpaired) electrons. The third-order valence-electron chi connectivity index (χ3n) is 1.53. The van der Waals surface area contributed by atoms with Crippen LogP contribution in [0.3, 0.4) is 0 Å². The van der Waals surface area contributed by atoms with Crippen molar-refractivity contribution in [2.75, 3.05) is 6.54 Å². The van der Waals surface area contributed by atoms with E-state index in [2.05, 4.69) is 5.73 Å². The van der Waals surface area contributed by atoms with Crippen LogP contribution in [0.2, 0.25) is 0 Å². The van der Waals surface area contributed by atoms with Gasteiger partial charge in [0, 0.05) is 13.0 Å². The Morgan fingerprint density at radius 1 is 1.12 bits per heavy atom. The summed E-state index contributed by atoms with van der Waals surface area (Å²) >= 11 is 0. The first kappa shape index (κ1) is 14.6. The molecule has 0 unspecified atom stereocenters. The maximum absolute atomic E-state index is 12.3. The molecule has 0 fully saturated rings. The molecule has 0 aliphatic heterocycles. The summed E-state index contributed by atoms with van der Waals surface area (Å²) in [5.74, 6) is -8.61. The highest BCUT2D eigenvalue weighted by atomic mass is 19.4. The zero-order chi connectivity index (χ0) is 13.0. The van der Waals surface area contributed by atoms with E-state index in [4.69, 9.17) is 0 Å². The van der Waals surface area contributed by atoms with Crippen LogP contribution in [0.4, 0.5) is 22.0 Å². The Hall–Kier alpha value is -1.41. The van der Waals surface area contributed by atoms with Crippen LogP contribution in [0.1, 0.15) is 12.8 Å². The van der Waals surface area contributed by atoms with E-state index in [0.717, 1.165) is 0 Å². The van der Waals surface area contributed by atoms with Gasteiger partial charge in [-0.15, -0.1) is 0 Å². The highest BCUT2D eigenvalue weighted by Gasteiger charge is 2.63. The molecule has 0 bridgehead atoms. The summed E-state index contributed by atoms with van der Waals surface area (Å²) in [7, 11) is 0. The van der Waals surface area contributed by atoms with Crippen LogP contribution in [0, 0.1) is 0 Å². The molecule has 0 saturated heterocycles. The maximum Gasteiger partial charge on any atom is 0.463 e. The number of rotatable bonds is 5. The number of nitrogens with one attached hydrogen (secondary N) is 1. The number of carbonyl (C=O) groups is 2. The van der Waals surface area contributed by atoms with Gasteiger partial charge in [-0.25, -0.2) is 0 Å². The van der Waals surface area contributed by atoms with Gasteiger partial charge in [-0.1, -0.05) is 0 Å². The van der Waals surface area contributed by atoms with E-state index in [-0.39, 0.29) is 12.8 Å². The summed E-state index contributed by atoms with van der Waals surface area (Å²) in [5.41, 5.74) is 4.68. The average molecular weight is 248 g/mol. The van der Waals surface area contributed by atoms with Gasteiger partial charge in [-0.2, -0.15) is 22.0 Å². The van der Waals surface area contributed by atoms with Crippen LogP contribution in [-0.4, -0.2) is 30.5 Å². The van der Waals surface area contributed by atoms with Gasteiger partial charge in [0.05, 0.1) is 0 Å². The average Bonchev–Trinajstić information content (AvgIpc) is 2.09. The van der Waals surface area contributed by atoms with Crippen molar-refractivity contribution in [3.8, 4) is 0 Å². The molecule has 0 heterocycles. The Balaban J connectivity index is 4.12. The molecule has 0 saturated carbocycles. The normalized spacial score (nSPS) is 12.3. The lowest BCUT2D eigenvalue weighted by Crippen LogP contribution is -2.50. The summed E-state index contributed by atoms with van der Waals surface area (Å²) < 4.78 is 59.5. The molecule has 0 aromatic rings. The topological polar surface area (TPSA) is 72.2 Å². The van der Waals surface area contributed by atoms with Crippen LogP contribution >= 0.6 is 0 Å². The van der Waals surface area contributed by atoms with Gasteiger partial charge in [0.2, 0.25) is 5.91 Å². The smallest absolute Gasteiger partial charge is 0.370 e. The van der Waals surface area contributed by atoms with Crippen molar-refractivity contribution < 1.29 is 31.5 Å². The molecule has 0 aromatic heterocycles. The second kappa shape index (κ2) is 5.08. The van der Waals surface area contributed by atoms with E-state index in [1.165, 1.54) is 5.32 Å². The van der Waals surface area contributed by atoms with Crippen LogP contribution < -0.4 is 11.1 Å². The molecule has 0 atom stereocenters. The summed E-state index contributed by atoms with van der Waals surface area (Å²) in [6, 6.07) is 0. The Kier molecular flexibility index (Phi) is 4.63. The van der Waals surface area contributed by atoms with Crippen LogP contribution in [0.25, 0.3) is 0 Å². The fourth-order valence-corrected chi connectivity index (χ4v) is 0.704. The van der Waals surface area contributed by atoms with Gasteiger partial charge in [0.25, 0.3) is 5.91 Å². The monoisotopic (exact) mass is 248 g/mol. The minimum absolute atomic E-state index is 0.102. The molecule has 16 heavy (non-hydrogen) atoms. The van der Waals surface area contributed by atoms with Crippen molar-refractivity contribution in [3.05, 3.63) is 0 Å². The van der Waals surface area contributed by atoms with Crippen LogP contribution in [-0.2, 0) is 9.59 Å². The molecular formula is C7H9F5N2O2. The number of hydrogen-bond acceptors (Lipinski definition) is 2. The van der Waals surface area contributed by atoms with E-state index in [1.807, 2.05) is 0 Å². The summed E-state index contributed by atoms with van der Waals surface area (Å²) in [6.45, 7) is -0.479. The zero-order valence-corrected chi connectivity index (χ0v) is 7.90. The predicted molar refractivity (Wildman–Crippen MR) is 42.4 cm³/mol.